The van der Waals surface area contributed by atoms with Gasteiger partial charge in [-0.05, 0) is 44.8 Å². The topological polar surface area (TPSA) is 67.9 Å². The van der Waals surface area contributed by atoms with E-state index < -0.39 is 0 Å². The largest absolute Gasteiger partial charge is 0.454 e. The van der Waals surface area contributed by atoms with Gasteiger partial charge in [-0.3, -0.25) is 9.59 Å². The summed E-state index contributed by atoms with van der Waals surface area (Å²) in [4.78, 5) is 26.3. The van der Waals surface area contributed by atoms with E-state index in [1.165, 1.54) is 18.3 Å². The van der Waals surface area contributed by atoms with Crippen LogP contribution in [-0.4, -0.2) is 44.0 Å². The van der Waals surface area contributed by atoms with E-state index in [9.17, 15) is 9.59 Å². The summed E-state index contributed by atoms with van der Waals surface area (Å²) in [5.74, 6) is 1.24. The molecule has 1 aromatic carbocycles. The van der Waals surface area contributed by atoms with Crippen LogP contribution in [0.1, 0.15) is 38.6 Å². The first-order chi connectivity index (χ1) is 12.0. The summed E-state index contributed by atoms with van der Waals surface area (Å²) >= 11 is 1.29. The van der Waals surface area contributed by atoms with Gasteiger partial charge in [0, 0.05) is 11.9 Å². The van der Waals surface area contributed by atoms with Crippen molar-refractivity contribution in [2.24, 2.45) is 0 Å². The fraction of sp³-hybridized carbons (Fsp3) is 0.333. The molecule has 1 N–H and O–H groups in total. The molecule has 3 rings (SSSR count). The number of ketones is 1. The molecule has 0 saturated carbocycles. The molecule has 1 aliphatic heterocycles. The Morgan fingerprint density at radius 1 is 1.24 bits per heavy atom. The molecule has 1 aromatic heterocycles. The molecule has 6 nitrogen and oxygen atoms in total. The van der Waals surface area contributed by atoms with Gasteiger partial charge in [0.2, 0.25) is 6.79 Å². The van der Waals surface area contributed by atoms with E-state index in [1.54, 1.807) is 11.4 Å². The summed E-state index contributed by atoms with van der Waals surface area (Å²) < 4.78 is 10.8. The van der Waals surface area contributed by atoms with Crippen LogP contribution in [0.2, 0.25) is 0 Å². The number of rotatable bonds is 6. The number of ether oxygens (including phenoxy) is 2. The number of hydrogen-bond donors (Lipinski definition) is 1. The summed E-state index contributed by atoms with van der Waals surface area (Å²) in [6.07, 6.45) is 0. The van der Waals surface area contributed by atoms with Crippen LogP contribution in [0.25, 0.3) is 0 Å². The molecule has 2 heterocycles. The number of hydrogen-bond acceptors (Lipinski definition) is 6. The zero-order valence-corrected chi connectivity index (χ0v) is 15.2. The van der Waals surface area contributed by atoms with E-state index in [1.807, 2.05) is 37.2 Å². The summed E-state index contributed by atoms with van der Waals surface area (Å²) in [5.41, 5.74) is 1.54. The Balaban J connectivity index is 1.69. The Kier molecular flexibility index (Phi) is 5.06. The normalized spacial score (nSPS) is 13.8. The SMILES string of the molecule is CC(=O)c1cc(C(=O)NC[C@H](c2ccc3c(c2)OCO3)N(C)C)cs1. The maximum atomic E-state index is 12.3. The Bertz CT molecular complexity index is 800. The smallest absolute Gasteiger partial charge is 0.252 e. The van der Waals surface area contributed by atoms with Crippen LogP contribution in [0, 0.1) is 0 Å². The van der Waals surface area contributed by atoms with Crippen molar-refractivity contribution < 1.29 is 19.1 Å². The first kappa shape index (κ1) is 17.4. The summed E-state index contributed by atoms with van der Waals surface area (Å²) in [6, 6.07) is 7.42. The number of likely N-dealkylation sites (N-methyl/N-ethyl adjacent to an activating group) is 1. The van der Waals surface area contributed by atoms with Gasteiger partial charge in [-0.25, -0.2) is 0 Å². The Morgan fingerprint density at radius 3 is 2.68 bits per heavy atom. The third kappa shape index (κ3) is 3.83. The summed E-state index contributed by atoms with van der Waals surface area (Å²) in [5, 5.41) is 4.65. The van der Waals surface area contributed by atoms with Crippen molar-refractivity contribution in [2.75, 3.05) is 27.4 Å². The molecule has 0 unspecified atom stereocenters. The number of fused-ring (bicyclic) bond motifs is 1. The van der Waals surface area contributed by atoms with E-state index in [4.69, 9.17) is 9.47 Å². The van der Waals surface area contributed by atoms with Gasteiger partial charge >= 0.3 is 0 Å². The lowest BCUT2D eigenvalue weighted by Gasteiger charge is -2.25. The second-order valence-electron chi connectivity index (χ2n) is 6.06. The van der Waals surface area contributed by atoms with Gasteiger partial charge < -0.3 is 19.7 Å². The van der Waals surface area contributed by atoms with E-state index in [0.29, 0.717) is 17.0 Å². The fourth-order valence-electron chi connectivity index (χ4n) is 2.65. The minimum Gasteiger partial charge on any atom is -0.454 e. The van der Waals surface area contributed by atoms with Gasteiger partial charge in [0.1, 0.15) is 0 Å². The third-order valence-electron chi connectivity index (χ3n) is 4.07. The van der Waals surface area contributed by atoms with E-state index >= 15 is 0 Å². The number of carbonyl (C=O) groups is 2. The summed E-state index contributed by atoms with van der Waals surface area (Å²) in [6.45, 7) is 2.17. The average Bonchev–Trinajstić information content (AvgIpc) is 3.23. The highest BCUT2D eigenvalue weighted by atomic mass is 32.1. The van der Waals surface area contributed by atoms with Gasteiger partial charge in [0.05, 0.1) is 16.5 Å². The molecule has 0 bridgehead atoms. The molecule has 0 aliphatic carbocycles. The number of thiophene rings is 1. The van der Waals surface area contributed by atoms with Gasteiger partial charge in [-0.2, -0.15) is 0 Å². The molecular weight excluding hydrogens is 340 g/mol. The molecule has 1 amide bonds. The first-order valence-corrected chi connectivity index (χ1v) is 8.77. The number of Topliss-reactive ketones (excluding diaryl/α,β-unsaturated/α-hetero) is 1. The number of carbonyl (C=O) groups excluding carboxylic acids is 2. The average molecular weight is 360 g/mol. The van der Waals surface area contributed by atoms with E-state index in [0.717, 1.165) is 17.1 Å². The molecule has 132 valence electrons. The third-order valence-corrected chi connectivity index (χ3v) is 5.10. The van der Waals surface area contributed by atoms with Crippen LogP contribution in [-0.2, 0) is 0 Å². The zero-order chi connectivity index (χ0) is 18.0. The van der Waals surface area contributed by atoms with Crippen LogP contribution in [0.15, 0.2) is 29.6 Å². The van der Waals surface area contributed by atoms with Gasteiger partial charge in [0.15, 0.2) is 17.3 Å². The highest BCUT2D eigenvalue weighted by Gasteiger charge is 2.20. The van der Waals surface area contributed by atoms with Gasteiger partial charge in [-0.1, -0.05) is 6.07 Å². The van der Waals surface area contributed by atoms with Gasteiger partial charge in [-0.15, -0.1) is 11.3 Å². The van der Waals surface area contributed by atoms with Crippen molar-refractivity contribution >= 4 is 23.0 Å². The van der Waals surface area contributed by atoms with Crippen molar-refractivity contribution in [2.45, 2.75) is 13.0 Å². The molecule has 0 radical (unpaired) electrons. The summed E-state index contributed by atoms with van der Waals surface area (Å²) in [7, 11) is 3.92. The maximum Gasteiger partial charge on any atom is 0.252 e. The highest BCUT2D eigenvalue weighted by molar-refractivity contribution is 7.12. The number of benzene rings is 1. The Hall–Kier alpha value is -2.38. The fourth-order valence-corrected chi connectivity index (χ4v) is 3.44. The van der Waals surface area contributed by atoms with Crippen LogP contribution >= 0.6 is 11.3 Å². The molecule has 0 saturated heterocycles. The van der Waals surface area contributed by atoms with Gasteiger partial charge in [0.25, 0.3) is 5.91 Å². The molecule has 1 atom stereocenters. The molecule has 0 spiro atoms. The second kappa shape index (κ2) is 7.25. The standard InChI is InChI=1S/C18H20N2O4S/c1-11(21)17-7-13(9-25-17)18(22)19-8-14(20(2)3)12-4-5-15-16(6-12)24-10-23-15/h4-7,9,14H,8,10H2,1-3H3,(H,19,22)/t14-/m1/s1. The second-order valence-corrected chi connectivity index (χ2v) is 6.97. The molecule has 0 fully saturated rings. The quantitative estimate of drug-likeness (QED) is 0.802. The van der Waals surface area contributed by atoms with Crippen molar-refractivity contribution in [3.8, 4) is 11.5 Å². The molecule has 2 aromatic rings. The monoisotopic (exact) mass is 360 g/mol. The highest BCUT2D eigenvalue weighted by Crippen LogP contribution is 2.35. The van der Waals surface area contributed by atoms with Crippen LogP contribution < -0.4 is 14.8 Å². The van der Waals surface area contributed by atoms with E-state index in [-0.39, 0.29) is 24.5 Å². The number of nitrogens with one attached hydrogen (secondary N) is 1. The van der Waals surface area contributed by atoms with Crippen LogP contribution in [0.4, 0.5) is 0 Å². The molecule has 25 heavy (non-hydrogen) atoms. The lowest BCUT2D eigenvalue weighted by molar-refractivity contribution is 0.0942. The molecule has 7 heteroatoms. The predicted octanol–water partition coefficient (Wildman–Crippen LogP) is 2.71. The van der Waals surface area contributed by atoms with Crippen molar-refractivity contribution in [3.05, 3.63) is 45.6 Å². The van der Waals surface area contributed by atoms with Crippen molar-refractivity contribution in [1.82, 2.24) is 10.2 Å². The minimum atomic E-state index is -0.184. The lowest BCUT2D eigenvalue weighted by atomic mass is 10.0. The maximum absolute atomic E-state index is 12.3. The Labute approximate surface area is 150 Å². The van der Waals surface area contributed by atoms with Crippen LogP contribution in [0.5, 0.6) is 11.5 Å². The van der Waals surface area contributed by atoms with E-state index in [2.05, 4.69) is 5.32 Å². The molecular formula is C18H20N2O4S. The Morgan fingerprint density at radius 2 is 2.00 bits per heavy atom. The lowest BCUT2D eigenvalue weighted by Crippen LogP contribution is -2.34. The van der Waals surface area contributed by atoms with Crippen molar-refractivity contribution in [1.29, 1.82) is 0 Å². The first-order valence-electron chi connectivity index (χ1n) is 7.89. The number of nitrogens with zero attached hydrogens (tertiary/aromatic N) is 1. The van der Waals surface area contributed by atoms with Crippen molar-refractivity contribution in [3.63, 3.8) is 0 Å². The number of amides is 1. The minimum absolute atomic E-state index is 0.00985. The van der Waals surface area contributed by atoms with Crippen LogP contribution in [0.3, 0.4) is 0 Å². The predicted molar refractivity (Wildman–Crippen MR) is 95.6 cm³/mol. The molecule has 1 aliphatic rings. The zero-order valence-electron chi connectivity index (χ0n) is 14.4.